The van der Waals surface area contributed by atoms with Crippen LogP contribution in [-0.2, 0) is 19.6 Å². The molecule has 3 rings (SSSR count). The minimum Gasteiger partial charge on any atom is -0.490 e. The summed E-state index contributed by atoms with van der Waals surface area (Å²) < 4.78 is 11.4. The number of hydrogen-bond acceptors (Lipinski definition) is 4. The minimum atomic E-state index is -0.116. The minimum absolute atomic E-state index is 0. The summed E-state index contributed by atoms with van der Waals surface area (Å²) in [6.07, 6.45) is 2.06. The molecule has 6 heteroatoms. The molecule has 1 heterocycles. The van der Waals surface area contributed by atoms with E-state index in [-0.39, 0.29) is 18.3 Å². The van der Waals surface area contributed by atoms with E-state index < -0.39 is 0 Å². The number of unbranched alkanes of at least 4 members (excludes halogenated alkanes) is 1. The van der Waals surface area contributed by atoms with Crippen molar-refractivity contribution in [2.45, 2.75) is 46.3 Å². The summed E-state index contributed by atoms with van der Waals surface area (Å²) in [6, 6.07) is 11.7. The van der Waals surface area contributed by atoms with E-state index >= 15 is 0 Å². The molecule has 0 aromatic heterocycles. The van der Waals surface area contributed by atoms with E-state index in [0.717, 1.165) is 31.5 Å². The van der Waals surface area contributed by atoms with Crippen LogP contribution >= 0.6 is 12.4 Å². The molecule has 5 nitrogen and oxygen atoms in total. The number of hydrogen-bond donors (Lipinski definition) is 2. The normalized spacial score (nSPS) is 12.1. The molecule has 0 aliphatic carbocycles. The van der Waals surface area contributed by atoms with Crippen LogP contribution in [0.2, 0.25) is 0 Å². The van der Waals surface area contributed by atoms with Gasteiger partial charge in [-0.2, -0.15) is 0 Å². The molecule has 1 aliphatic heterocycles. The van der Waals surface area contributed by atoms with Crippen molar-refractivity contribution in [3.63, 3.8) is 0 Å². The number of nitrogens with one attached hydrogen (secondary N) is 2. The van der Waals surface area contributed by atoms with Crippen LogP contribution in [-0.4, -0.2) is 19.1 Å². The van der Waals surface area contributed by atoms with E-state index in [9.17, 15) is 4.79 Å². The van der Waals surface area contributed by atoms with Gasteiger partial charge in [0.05, 0.1) is 13.2 Å². The van der Waals surface area contributed by atoms with Crippen molar-refractivity contribution >= 4 is 18.3 Å². The predicted molar refractivity (Wildman–Crippen MR) is 113 cm³/mol. The van der Waals surface area contributed by atoms with Crippen LogP contribution in [0.25, 0.3) is 0 Å². The SMILES string of the molecule is CCCCOc1ccc(C(=O)NCc2ccc3c(c2)CNC3)cc1OCC.Cl. The fourth-order valence-corrected chi connectivity index (χ4v) is 3.11. The van der Waals surface area contributed by atoms with E-state index in [2.05, 4.69) is 35.8 Å². The van der Waals surface area contributed by atoms with Crippen molar-refractivity contribution < 1.29 is 14.3 Å². The van der Waals surface area contributed by atoms with Crippen molar-refractivity contribution in [3.05, 3.63) is 58.7 Å². The van der Waals surface area contributed by atoms with Gasteiger partial charge in [-0.15, -0.1) is 12.4 Å². The molecule has 0 bridgehead atoms. The number of fused-ring (bicyclic) bond motifs is 1. The quantitative estimate of drug-likeness (QED) is 0.614. The molecule has 152 valence electrons. The Morgan fingerprint density at radius 3 is 2.64 bits per heavy atom. The monoisotopic (exact) mass is 404 g/mol. The van der Waals surface area contributed by atoms with Crippen LogP contribution in [0.15, 0.2) is 36.4 Å². The number of ether oxygens (including phenoxy) is 2. The summed E-state index contributed by atoms with van der Waals surface area (Å²) >= 11 is 0. The molecule has 0 saturated carbocycles. The third-order valence-corrected chi connectivity index (χ3v) is 4.62. The smallest absolute Gasteiger partial charge is 0.251 e. The molecule has 2 N–H and O–H groups in total. The molecular formula is C22H29ClN2O3. The highest BCUT2D eigenvalue weighted by Gasteiger charge is 2.13. The van der Waals surface area contributed by atoms with E-state index in [0.29, 0.717) is 36.8 Å². The molecule has 0 spiro atoms. The molecule has 0 saturated heterocycles. The van der Waals surface area contributed by atoms with Gasteiger partial charge in [-0.05, 0) is 48.2 Å². The number of carbonyl (C=O) groups excluding carboxylic acids is 1. The summed E-state index contributed by atoms with van der Waals surface area (Å²) in [5.41, 5.74) is 4.33. The van der Waals surface area contributed by atoms with Crippen molar-refractivity contribution in [2.24, 2.45) is 0 Å². The molecule has 0 fully saturated rings. The lowest BCUT2D eigenvalue weighted by molar-refractivity contribution is 0.0950. The van der Waals surface area contributed by atoms with Crippen LogP contribution < -0.4 is 20.1 Å². The Hall–Kier alpha value is -2.24. The second kappa shape index (κ2) is 10.9. The number of amides is 1. The number of halogens is 1. The molecule has 0 atom stereocenters. The highest BCUT2D eigenvalue weighted by Crippen LogP contribution is 2.29. The molecule has 2 aromatic carbocycles. The molecule has 1 amide bonds. The van der Waals surface area contributed by atoms with Crippen molar-refractivity contribution in [1.29, 1.82) is 0 Å². The molecule has 1 aliphatic rings. The van der Waals surface area contributed by atoms with Gasteiger partial charge < -0.3 is 20.1 Å². The van der Waals surface area contributed by atoms with Gasteiger partial charge in [0.1, 0.15) is 0 Å². The summed E-state index contributed by atoms with van der Waals surface area (Å²) in [5.74, 6) is 1.19. The van der Waals surface area contributed by atoms with Gasteiger partial charge in [0.25, 0.3) is 5.91 Å². The zero-order valence-corrected chi connectivity index (χ0v) is 17.4. The van der Waals surface area contributed by atoms with Gasteiger partial charge in [0.15, 0.2) is 11.5 Å². The fourth-order valence-electron chi connectivity index (χ4n) is 3.11. The first kappa shape index (κ1) is 22.1. The van der Waals surface area contributed by atoms with Gasteiger partial charge in [0, 0.05) is 25.2 Å². The van der Waals surface area contributed by atoms with E-state index in [4.69, 9.17) is 9.47 Å². The van der Waals surface area contributed by atoms with Crippen LogP contribution in [0, 0.1) is 0 Å². The maximum absolute atomic E-state index is 12.6. The summed E-state index contributed by atoms with van der Waals surface area (Å²) in [4.78, 5) is 12.6. The second-order valence-corrected chi connectivity index (χ2v) is 6.69. The first-order chi connectivity index (χ1) is 13.2. The average molecular weight is 405 g/mol. The van der Waals surface area contributed by atoms with Crippen LogP contribution in [0.3, 0.4) is 0 Å². The largest absolute Gasteiger partial charge is 0.490 e. The zero-order valence-electron chi connectivity index (χ0n) is 16.5. The average Bonchev–Trinajstić information content (AvgIpc) is 3.15. The Bertz CT molecular complexity index is 795. The predicted octanol–water partition coefficient (Wildman–Crippen LogP) is 4.22. The Labute approximate surface area is 173 Å². The number of carbonyl (C=O) groups is 1. The second-order valence-electron chi connectivity index (χ2n) is 6.69. The van der Waals surface area contributed by atoms with Crippen LogP contribution in [0.1, 0.15) is 53.7 Å². The Kier molecular flexibility index (Phi) is 8.61. The van der Waals surface area contributed by atoms with Crippen LogP contribution in [0.5, 0.6) is 11.5 Å². The first-order valence-corrected chi connectivity index (χ1v) is 9.70. The standard InChI is InChI=1S/C22H28N2O3.ClH/c1-3-5-10-27-20-9-8-17(12-21(20)26-4-2)22(25)24-13-16-6-7-18-14-23-15-19(18)11-16;/h6-9,11-12,23H,3-5,10,13-15H2,1-2H3,(H,24,25);1H. The van der Waals surface area contributed by atoms with Crippen molar-refractivity contribution in [3.8, 4) is 11.5 Å². The highest BCUT2D eigenvalue weighted by atomic mass is 35.5. The highest BCUT2D eigenvalue weighted by molar-refractivity contribution is 5.94. The fraction of sp³-hybridized carbons (Fsp3) is 0.409. The Morgan fingerprint density at radius 1 is 1.04 bits per heavy atom. The molecule has 2 aromatic rings. The van der Waals surface area contributed by atoms with Gasteiger partial charge >= 0.3 is 0 Å². The van der Waals surface area contributed by atoms with Gasteiger partial charge in [0.2, 0.25) is 0 Å². The Morgan fingerprint density at radius 2 is 1.86 bits per heavy atom. The number of benzene rings is 2. The molecule has 0 radical (unpaired) electrons. The van der Waals surface area contributed by atoms with Crippen molar-refractivity contribution in [2.75, 3.05) is 13.2 Å². The van der Waals surface area contributed by atoms with E-state index in [1.165, 1.54) is 11.1 Å². The zero-order chi connectivity index (χ0) is 19.1. The number of rotatable bonds is 9. The lowest BCUT2D eigenvalue weighted by atomic mass is 10.1. The van der Waals surface area contributed by atoms with Gasteiger partial charge in [-0.25, -0.2) is 0 Å². The maximum Gasteiger partial charge on any atom is 0.251 e. The lowest BCUT2D eigenvalue weighted by Gasteiger charge is -2.13. The summed E-state index contributed by atoms with van der Waals surface area (Å²) in [7, 11) is 0. The van der Waals surface area contributed by atoms with Gasteiger partial charge in [-0.3, -0.25) is 4.79 Å². The van der Waals surface area contributed by atoms with Crippen LogP contribution in [0.4, 0.5) is 0 Å². The summed E-state index contributed by atoms with van der Waals surface area (Å²) in [6.45, 7) is 7.55. The van der Waals surface area contributed by atoms with E-state index in [1.807, 2.05) is 13.0 Å². The molecule has 0 unspecified atom stereocenters. The molecule has 28 heavy (non-hydrogen) atoms. The third kappa shape index (κ3) is 5.63. The summed E-state index contributed by atoms with van der Waals surface area (Å²) in [5, 5.41) is 6.33. The lowest BCUT2D eigenvalue weighted by Crippen LogP contribution is -2.23. The topological polar surface area (TPSA) is 59.6 Å². The molecular weight excluding hydrogens is 376 g/mol. The maximum atomic E-state index is 12.6. The van der Waals surface area contributed by atoms with Gasteiger partial charge in [-0.1, -0.05) is 31.5 Å². The first-order valence-electron chi connectivity index (χ1n) is 9.70. The van der Waals surface area contributed by atoms with E-state index in [1.54, 1.807) is 12.1 Å². The Balaban J connectivity index is 0.00000280. The van der Waals surface area contributed by atoms with Crippen molar-refractivity contribution in [1.82, 2.24) is 10.6 Å². The third-order valence-electron chi connectivity index (χ3n) is 4.62.